The lowest BCUT2D eigenvalue weighted by Gasteiger charge is -2.10. The molecular formula is C11H14ClFO2. The van der Waals surface area contributed by atoms with Crippen LogP contribution in [0, 0.1) is 5.82 Å². The zero-order valence-electron chi connectivity index (χ0n) is 8.63. The predicted molar refractivity (Wildman–Crippen MR) is 57.9 cm³/mol. The molecule has 84 valence electrons. The Morgan fingerprint density at radius 1 is 1.33 bits per heavy atom. The fraction of sp³-hybridized carbons (Fsp3) is 0.455. The predicted octanol–water partition coefficient (Wildman–Crippen LogP) is 2.98. The smallest absolute Gasteiger partial charge is 0.165 e. The molecule has 0 heterocycles. The van der Waals surface area contributed by atoms with Gasteiger partial charge in [-0.2, -0.15) is 0 Å². The first kappa shape index (κ1) is 12.3. The zero-order valence-corrected chi connectivity index (χ0v) is 9.39. The van der Waals surface area contributed by atoms with Crippen LogP contribution in [0.15, 0.2) is 18.2 Å². The average Bonchev–Trinajstić information content (AvgIpc) is 2.26. The third-order valence-corrected chi connectivity index (χ3v) is 2.22. The zero-order chi connectivity index (χ0) is 11.1. The van der Waals surface area contributed by atoms with E-state index in [1.54, 1.807) is 19.2 Å². The van der Waals surface area contributed by atoms with E-state index in [4.69, 9.17) is 21.1 Å². The Morgan fingerprint density at radius 2 is 2.13 bits per heavy atom. The van der Waals surface area contributed by atoms with Gasteiger partial charge in [0.2, 0.25) is 0 Å². The normalized spacial score (nSPS) is 10.3. The number of alkyl halides is 1. The van der Waals surface area contributed by atoms with Gasteiger partial charge in [0.15, 0.2) is 11.6 Å². The Balaban J connectivity index is 2.58. The number of methoxy groups -OCH3 is 1. The van der Waals surface area contributed by atoms with E-state index in [1.807, 2.05) is 0 Å². The highest BCUT2D eigenvalue weighted by atomic mass is 35.5. The summed E-state index contributed by atoms with van der Waals surface area (Å²) in [6.45, 7) is 1.03. The molecular weight excluding hydrogens is 219 g/mol. The van der Waals surface area contributed by atoms with E-state index in [9.17, 15) is 4.39 Å². The Bertz CT molecular complexity index is 305. The van der Waals surface area contributed by atoms with Gasteiger partial charge >= 0.3 is 0 Å². The van der Waals surface area contributed by atoms with Gasteiger partial charge in [-0.1, -0.05) is 12.1 Å². The lowest BCUT2D eigenvalue weighted by molar-refractivity contribution is 0.170. The lowest BCUT2D eigenvalue weighted by Crippen LogP contribution is -2.04. The summed E-state index contributed by atoms with van der Waals surface area (Å²) in [5.74, 6) is 0.131. The summed E-state index contributed by atoms with van der Waals surface area (Å²) in [5.41, 5.74) is 0.675. The second-order valence-corrected chi connectivity index (χ2v) is 3.32. The van der Waals surface area contributed by atoms with Gasteiger partial charge in [0.1, 0.15) is 0 Å². The van der Waals surface area contributed by atoms with Crippen molar-refractivity contribution in [1.29, 1.82) is 0 Å². The number of halogens is 2. The van der Waals surface area contributed by atoms with Crippen LogP contribution in [-0.4, -0.2) is 20.3 Å². The van der Waals surface area contributed by atoms with E-state index in [2.05, 4.69) is 0 Å². The molecule has 0 fully saturated rings. The number of hydrogen-bond donors (Lipinski definition) is 0. The van der Waals surface area contributed by atoms with E-state index in [0.29, 0.717) is 18.8 Å². The topological polar surface area (TPSA) is 18.5 Å². The fourth-order valence-corrected chi connectivity index (χ4v) is 1.41. The Labute approximate surface area is 94.0 Å². The summed E-state index contributed by atoms with van der Waals surface area (Å²) in [7, 11) is 1.62. The molecule has 0 saturated carbocycles. The van der Waals surface area contributed by atoms with E-state index in [-0.39, 0.29) is 17.4 Å². The molecule has 0 amide bonds. The van der Waals surface area contributed by atoms with Crippen LogP contribution in [0.2, 0.25) is 0 Å². The van der Waals surface area contributed by atoms with Gasteiger partial charge in [-0.25, -0.2) is 4.39 Å². The maximum atomic E-state index is 13.3. The van der Waals surface area contributed by atoms with E-state index >= 15 is 0 Å². The molecule has 0 saturated heterocycles. The Morgan fingerprint density at radius 3 is 2.80 bits per heavy atom. The molecule has 2 nitrogen and oxygen atoms in total. The summed E-state index contributed by atoms with van der Waals surface area (Å²) in [6.07, 6.45) is 0.729. The lowest BCUT2D eigenvalue weighted by atomic mass is 10.2. The molecule has 0 spiro atoms. The second-order valence-electron chi connectivity index (χ2n) is 3.06. The molecule has 0 aliphatic rings. The first-order valence-corrected chi connectivity index (χ1v) is 5.28. The molecule has 0 atom stereocenters. The molecule has 0 radical (unpaired) electrons. The van der Waals surface area contributed by atoms with Crippen molar-refractivity contribution in [3.63, 3.8) is 0 Å². The molecule has 0 aliphatic carbocycles. The summed E-state index contributed by atoms with van der Waals surface area (Å²) < 4.78 is 23.5. The van der Waals surface area contributed by atoms with Crippen LogP contribution in [0.4, 0.5) is 4.39 Å². The molecule has 0 aliphatic heterocycles. The standard InChI is InChI=1S/C11H14ClFO2/c1-14-6-3-7-15-11-9(8-12)4-2-5-10(11)13/h2,4-5H,3,6-8H2,1H3. The first-order chi connectivity index (χ1) is 7.29. The van der Waals surface area contributed by atoms with Gasteiger partial charge in [0.05, 0.1) is 12.5 Å². The van der Waals surface area contributed by atoms with Crippen LogP contribution in [0.5, 0.6) is 5.75 Å². The Kier molecular flexibility index (Phi) is 5.43. The molecule has 0 N–H and O–H groups in total. The number of benzene rings is 1. The fourth-order valence-electron chi connectivity index (χ4n) is 1.20. The third-order valence-electron chi connectivity index (χ3n) is 1.93. The number of hydrogen-bond acceptors (Lipinski definition) is 2. The molecule has 1 aromatic carbocycles. The molecule has 1 aromatic rings. The Hall–Kier alpha value is -0.800. The summed E-state index contributed by atoms with van der Waals surface area (Å²) in [6, 6.07) is 4.73. The van der Waals surface area contributed by atoms with Crippen molar-refractivity contribution in [2.24, 2.45) is 0 Å². The SMILES string of the molecule is COCCCOc1c(F)cccc1CCl. The molecule has 0 aromatic heterocycles. The number of para-hydroxylation sites is 1. The first-order valence-electron chi connectivity index (χ1n) is 4.74. The van der Waals surface area contributed by atoms with E-state index < -0.39 is 0 Å². The minimum atomic E-state index is -0.370. The summed E-state index contributed by atoms with van der Waals surface area (Å²) in [5, 5.41) is 0. The highest BCUT2D eigenvalue weighted by molar-refractivity contribution is 6.17. The monoisotopic (exact) mass is 232 g/mol. The highest BCUT2D eigenvalue weighted by Crippen LogP contribution is 2.24. The van der Waals surface area contributed by atoms with Crippen molar-refractivity contribution in [1.82, 2.24) is 0 Å². The van der Waals surface area contributed by atoms with E-state index in [1.165, 1.54) is 6.07 Å². The van der Waals surface area contributed by atoms with Crippen molar-refractivity contribution in [2.45, 2.75) is 12.3 Å². The van der Waals surface area contributed by atoms with Crippen molar-refractivity contribution in [3.05, 3.63) is 29.6 Å². The van der Waals surface area contributed by atoms with Gasteiger partial charge < -0.3 is 9.47 Å². The van der Waals surface area contributed by atoms with Crippen molar-refractivity contribution >= 4 is 11.6 Å². The number of ether oxygens (including phenoxy) is 2. The minimum Gasteiger partial charge on any atom is -0.490 e. The van der Waals surface area contributed by atoms with Gasteiger partial charge in [0, 0.05) is 25.7 Å². The molecule has 0 bridgehead atoms. The van der Waals surface area contributed by atoms with Crippen LogP contribution in [0.3, 0.4) is 0 Å². The quantitative estimate of drug-likeness (QED) is 0.555. The number of rotatable bonds is 6. The van der Waals surface area contributed by atoms with Crippen molar-refractivity contribution < 1.29 is 13.9 Å². The second kappa shape index (κ2) is 6.64. The van der Waals surface area contributed by atoms with Crippen LogP contribution in [-0.2, 0) is 10.6 Å². The van der Waals surface area contributed by atoms with E-state index in [0.717, 1.165) is 6.42 Å². The minimum absolute atomic E-state index is 0.247. The maximum absolute atomic E-state index is 13.3. The van der Waals surface area contributed by atoms with Gasteiger partial charge in [0.25, 0.3) is 0 Å². The summed E-state index contributed by atoms with van der Waals surface area (Å²) >= 11 is 5.67. The van der Waals surface area contributed by atoms with Crippen LogP contribution < -0.4 is 4.74 Å². The molecule has 0 unspecified atom stereocenters. The molecule has 1 rings (SSSR count). The van der Waals surface area contributed by atoms with Gasteiger partial charge in [-0.3, -0.25) is 0 Å². The van der Waals surface area contributed by atoms with Crippen LogP contribution in [0.1, 0.15) is 12.0 Å². The molecule has 15 heavy (non-hydrogen) atoms. The highest BCUT2D eigenvalue weighted by Gasteiger charge is 2.08. The van der Waals surface area contributed by atoms with Crippen LogP contribution >= 0.6 is 11.6 Å². The van der Waals surface area contributed by atoms with Gasteiger partial charge in [-0.15, -0.1) is 11.6 Å². The summed E-state index contributed by atoms with van der Waals surface area (Å²) in [4.78, 5) is 0. The molecule has 4 heteroatoms. The third kappa shape index (κ3) is 3.68. The largest absolute Gasteiger partial charge is 0.490 e. The van der Waals surface area contributed by atoms with Crippen molar-refractivity contribution in [3.8, 4) is 5.75 Å². The maximum Gasteiger partial charge on any atom is 0.165 e. The van der Waals surface area contributed by atoms with Crippen molar-refractivity contribution in [2.75, 3.05) is 20.3 Å². The van der Waals surface area contributed by atoms with Crippen LogP contribution in [0.25, 0.3) is 0 Å². The average molecular weight is 233 g/mol. The van der Waals surface area contributed by atoms with Gasteiger partial charge in [-0.05, 0) is 6.07 Å².